The molecule has 0 aromatic rings. The van der Waals surface area contributed by atoms with Gasteiger partial charge in [-0.25, -0.2) is 0 Å². The number of ether oxygens (including phenoxy) is 1. The van der Waals surface area contributed by atoms with E-state index in [0.717, 1.165) is 19.6 Å². The summed E-state index contributed by atoms with van der Waals surface area (Å²) >= 11 is 0. The highest BCUT2D eigenvalue weighted by Crippen LogP contribution is 2.12. The van der Waals surface area contributed by atoms with Gasteiger partial charge in [-0.1, -0.05) is 6.92 Å². The fraction of sp³-hybridized carbons (Fsp3) is 1.00. The number of piperazine rings is 1. The SMILES string of the molecule is CCCOCC(CC1CN(C)CCN1C)NC. The highest BCUT2D eigenvalue weighted by Gasteiger charge is 2.24. The summed E-state index contributed by atoms with van der Waals surface area (Å²) in [7, 11) is 6.48. The van der Waals surface area contributed by atoms with E-state index in [-0.39, 0.29) is 0 Å². The fourth-order valence-electron chi connectivity index (χ4n) is 2.32. The Kier molecular flexibility index (Phi) is 7.04. The molecule has 17 heavy (non-hydrogen) atoms. The average molecular weight is 243 g/mol. The second-order valence-electron chi connectivity index (χ2n) is 5.19. The van der Waals surface area contributed by atoms with E-state index in [4.69, 9.17) is 4.74 Å². The number of nitrogens with one attached hydrogen (secondary N) is 1. The van der Waals surface area contributed by atoms with Crippen LogP contribution in [-0.4, -0.2) is 75.9 Å². The first-order valence-corrected chi connectivity index (χ1v) is 6.81. The Balaban J connectivity index is 2.32. The fourth-order valence-corrected chi connectivity index (χ4v) is 2.32. The Labute approximate surface area is 106 Å². The lowest BCUT2D eigenvalue weighted by molar-refractivity contribution is 0.0725. The van der Waals surface area contributed by atoms with Gasteiger partial charge in [0.2, 0.25) is 0 Å². The van der Waals surface area contributed by atoms with Crippen LogP contribution in [0.3, 0.4) is 0 Å². The zero-order valence-electron chi connectivity index (χ0n) is 11.9. The molecule has 1 N–H and O–H groups in total. The second-order valence-corrected chi connectivity index (χ2v) is 5.19. The molecule has 1 aliphatic rings. The van der Waals surface area contributed by atoms with E-state index in [9.17, 15) is 0 Å². The summed E-state index contributed by atoms with van der Waals surface area (Å²) in [6, 6.07) is 1.12. The van der Waals surface area contributed by atoms with Gasteiger partial charge in [0.15, 0.2) is 0 Å². The maximum Gasteiger partial charge on any atom is 0.0620 e. The summed E-state index contributed by atoms with van der Waals surface area (Å²) in [5.41, 5.74) is 0. The summed E-state index contributed by atoms with van der Waals surface area (Å²) in [5.74, 6) is 0. The highest BCUT2D eigenvalue weighted by molar-refractivity contribution is 4.82. The molecule has 0 aromatic heterocycles. The highest BCUT2D eigenvalue weighted by atomic mass is 16.5. The van der Waals surface area contributed by atoms with Crippen molar-refractivity contribution in [2.45, 2.75) is 31.8 Å². The quantitative estimate of drug-likeness (QED) is 0.664. The predicted octanol–water partition coefficient (Wildman–Crippen LogP) is 0.637. The Morgan fingerprint density at radius 3 is 2.76 bits per heavy atom. The van der Waals surface area contributed by atoms with E-state index in [0.29, 0.717) is 12.1 Å². The van der Waals surface area contributed by atoms with Crippen molar-refractivity contribution in [3.63, 3.8) is 0 Å². The van der Waals surface area contributed by atoms with Gasteiger partial charge < -0.3 is 19.9 Å². The van der Waals surface area contributed by atoms with Crippen LogP contribution in [0.25, 0.3) is 0 Å². The van der Waals surface area contributed by atoms with Crippen molar-refractivity contribution in [2.24, 2.45) is 0 Å². The van der Waals surface area contributed by atoms with Crippen LogP contribution in [0.1, 0.15) is 19.8 Å². The number of hydrogen-bond donors (Lipinski definition) is 1. The van der Waals surface area contributed by atoms with Gasteiger partial charge in [0.05, 0.1) is 6.61 Å². The lowest BCUT2D eigenvalue weighted by Gasteiger charge is -2.39. The van der Waals surface area contributed by atoms with E-state index in [1.165, 1.54) is 26.1 Å². The lowest BCUT2D eigenvalue weighted by Crippen LogP contribution is -2.52. The molecule has 0 aliphatic carbocycles. The Morgan fingerprint density at radius 2 is 2.12 bits per heavy atom. The first kappa shape index (κ1) is 14.9. The molecular weight excluding hydrogens is 214 g/mol. The van der Waals surface area contributed by atoms with Crippen LogP contribution in [-0.2, 0) is 4.74 Å². The van der Waals surface area contributed by atoms with Crippen molar-refractivity contribution >= 4 is 0 Å². The molecule has 0 radical (unpaired) electrons. The molecule has 0 saturated carbocycles. The molecule has 2 unspecified atom stereocenters. The molecule has 1 aliphatic heterocycles. The third-order valence-corrected chi connectivity index (χ3v) is 3.61. The normalized spacial score (nSPS) is 25.1. The Bertz CT molecular complexity index is 201. The molecule has 0 bridgehead atoms. The van der Waals surface area contributed by atoms with Gasteiger partial charge in [0.1, 0.15) is 0 Å². The van der Waals surface area contributed by atoms with E-state index in [1.807, 2.05) is 7.05 Å². The first-order valence-electron chi connectivity index (χ1n) is 6.81. The molecule has 0 amide bonds. The van der Waals surface area contributed by atoms with Gasteiger partial charge in [0.25, 0.3) is 0 Å². The van der Waals surface area contributed by atoms with Crippen molar-refractivity contribution in [2.75, 3.05) is 54.0 Å². The number of rotatable bonds is 7. The van der Waals surface area contributed by atoms with Crippen molar-refractivity contribution in [1.82, 2.24) is 15.1 Å². The van der Waals surface area contributed by atoms with Gasteiger partial charge in [-0.05, 0) is 34.0 Å². The smallest absolute Gasteiger partial charge is 0.0620 e. The molecule has 0 aromatic carbocycles. The van der Waals surface area contributed by atoms with Crippen molar-refractivity contribution in [3.8, 4) is 0 Å². The van der Waals surface area contributed by atoms with Crippen LogP contribution in [0, 0.1) is 0 Å². The van der Waals surface area contributed by atoms with Crippen LogP contribution < -0.4 is 5.32 Å². The first-order chi connectivity index (χ1) is 8.17. The molecule has 1 saturated heterocycles. The number of likely N-dealkylation sites (N-methyl/N-ethyl adjacent to an activating group) is 3. The molecular formula is C13H29N3O. The second kappa shape index (κ2) is 8.03. The van der Waals surface area contributed by atoms with Gasteiger partial charge >= 0.3 is 0 Å². The number of nitrogens with zero attached hydrogens (tertiary/aromatic N) is 2. The lowest BCUT2D eigenvalue weighted by atomic mass is 10.0. The van der Waals surface area contributed by atoms with Crippen LogP contribution in [0.2, 0.25) is 0 Å². The summed E-state index contributed by atoms with van der Waals surface area (Å²) in [6.07, 6.45) is 2.27. The number of hydrogen-bond acceptors (Lipinski definition) is 4. The molecule has 0 spiro atoms. The molecule has 4 nitrogen and oxygen atoms in total. The third kappa shape index (κ3) is 5.34. The molecule has 2 atom stereocenters. The van der Waals surface area contributed by atoms with Crippen LogP contribution in [0.15, 0.2) is 0 Å². The largest absolute Gasteiger partial charge is 0.380 e. The molecule has 1 heterocycles. The van der Waals surface area contributed by atoms with Crippen molar-refractivity contribution in [1.29, 1.82) is 0 Å². The topological polar surface area (TPSA) is 27.7 Å². The van der Waals surface area contributed by atoms with E-state index < -0.39 is 0 Å². The summed E-state index contributed by atoms with van der Waals surface area (Å²) in [6.45, 7) is 7.38. The van der Waals surface area contributed by atoms with Crippen LogP contribution in [0.4, 0.5) is 0 Å². The van der Waals surface area contributed by atoms with Crippen molar-refractivity contribution < 1.29 is 4.74 Å². The minimum absolute atomic E-state index is 0.473. The monoisotopic (exact) mass is 243 g/mol. The van der Waals surface area contributed by atoms with Gasteiger partial charge in [-0.3, -0.25) is 0 Å². The third-order valence-electron chi connectivity index (χ3n) is 3.61. The summed E-state index contributed by atoms with van der Waals surface area (Å²) < 4.78 is 5.64. The standard InChI is InChI=1S/C13H29N3O/c1-5-8-17-11-12(14-2)9-13-10-15(3)6-7-16(13)4/h12-14H,5-11H2,1-4H3. The Morgan fingerprint density at radius 1 is 1.35 bits per heavy atom. The minimum atomic E-state index is 0.473. The molecule has 1 fully saturated rings. The average Bonchev–Trinajstić information content (AvgIpc) is 2.32. The van der Waals surface area contributed by atoms with E-state index >= 15 is 0 Å². The minimum Gasteiger partial charge on any atom is -0.380 e. The van der Waals surface area contributed by atoms with Gasteiger partial charge in [-0.15, -0.1) is 0 Å². The van der Waals surface area contributed by atoms with Gasteiger partial charge in [0, 0.05) is 38.3 Å². The molecule has 102 valence electrons. The van der Waals surface area contributed by atoms with Gasteiger partial charge in [-0.2, -0.15) is 0 Å². The van der Waals surface area contributed by atoms with E-state index in [2.05, 4.69) is 36.1 Å². The Hall–Kier alpha value is -0.160. The van der Waals surface area contributed by atoms with Crippen molar-refractivity contribution in [3.05, 3.63) is 0 Å². The summed E-state index contributed by atoms with van der Waals surface area (Å²) in [5, 5.41) is 3.37. The zero-order valence-corrected chi connectivity index (χ0v) is 11.9. The maximum absolute atomic E-state index is 5.64. The molecule has 4 heteroatoms. The van der Waals surface area contributed by atoms with E-state index in [1.54, 1.807) is 0 Å². The predicted molar refractivity (Wildman–Crippen MR) is 72.5 cm³/mol. The van der Waals surface area contributed by atoms with Crippen LogP contribution >= 0.6 is 0 Å². The maximum atomic E-state index is 5.64. The van der Waals surface area contributed by atoms with Crippen LogP contribution in [0.5, 0.6) is 0 Å². The summed E-state index contributed by atoms with van der Waals surface area (Å²) in [4.78, 5) is 4.90. The zero-order chi connectivity index (χ0) is 12.7. The molecule has 1 rings (SSSR count).